The van der Waals surface area contributed by atoms with Crippen LogP contribution in [0.4, 0.5) is 184 Å². The minimum atomic E-state index is -8.52. The second-order valence-electron chi connectivity index (χ2n) is 23.4. The number of nitrogens with one attached hydrogen (secondary N) is 1. The molecule has 9 N–H and O–H groups in total. The van der Waals surface area contributed by atoms with E-state index in [0.717, 1.165) is 5.69 Å². The fourth-order valence-corrected chi connectivity index (χ4v) is 9.02. The van der Waals surface area contributed by atoms with Crippen LogP contribution in [0.25, 0.3) is 11.2 Å². The van der Waals surface area contributed by atoms with Gasteiger partial charge in [0.2, 0.25) is 5.95 Å². The van der Waals surface area contributed by atoms with Crippen LogP contribution < -0.4 is 27.4 Å². The molecule has 116 heavy (non-hydrogen) atoms. The van der Waals surface area contributed by atoms with Crippen LogP contribution in [0, 0.1) is 0 Å². The number of anilines is 3. The van der Waals surface area contributed by atoms with Gasteiger partial charge in [0.1, 0.15) is 12.9 Å². The normalized spacial score (nSPS) is 14.6. The van der Waals surface area contributed by atoms with Gasteiger partial charge in [-0.2, -0.15) is 133 Å². The van der Waals surface area contributed by atoms with Crippen molar-refractivity contribution in [1.82, 2.24) is 25.3 Å². The van der Waals surface area contributed by atoms with Crippen molar-refractivity contribution >= 4 is 66.5 Å². The molecule has 21 nitrogen and oxygen atoms in total. The van der Waals surface area contributed by atoms with Gasteiger partial charge in [0, 0.05) is 50.4 Å². The van der Waals surface area contributed by atoms with Crippen LogP contribution in [-0.2, 0) is 48.8 Å². The number of carboxylic acid groups (broad SMARTS) is 1. The minimum absolute atomic E-state index is 0.00284. The quantitative estimate of drug-likeness (QED) is 0.0101. The zero-order chi connectivity index (χ0) is 91.3. The molecule has 0 spiro atoms. The third-order valence-electron chi connectivity index (χ3n) is 14.4. The van der Waals surface area contributed by atoms with Crippen LogP contribution in [0.3, 0.4) is 0 Å². The Kier molecular flexibility index (Phi) is 38.3. The Hall–Kier alpha value is -8.00. The third-order valence-corrected chi connectivity index (χ3v) is 15.4. The van der Waals surface area contributed by atoms with Crippen LogP contribution in [0.1, 0.15) is 99.5 Å². The van der Waals surface area contributed by atoms with Gasteiger partial charge in [-0.25, -0.2) is 23.3 Å². The summed E-state index contributed by atoms with van der Waals surface area (Å²) in [6, 6.07) is 6.07. The van der Waals surface area contributed by atoms with Crippen LogP contribution in [0.5, 0.6) is 0 Å². The van der Waals surface area contributed by atoms with E-state index in [1.807, 2.05) is 11.9 Å². The number of benzene rings is 1. The number of halogens is 38. The summed E-state index contributed by atoms with van der Waals surface area (Å²) in [5, 5.41) is 11.3. The van der Waals surface area contributed by atoms with Crippen molar-refractivity contribution in [3.63, 3.8) is 0 Å². The van der Waals surface area contributed by atoms with Crippen molar-refractivity contribution in [3.05, 3.63) is 41.7 Å². The first kappa shape index (κ1) is 108. The number of aromatic nitrogens is 4. The number of phosphoric acid groups is 1. The maximum absolute atomic E-state index is 14.2. The maximum atomic E-state index is 14.2. The SMILES string of the molecule is CN(Cc1cnc2nc(N)nc(N)c2n1)c1ccc(C(=O)NC(C=O)CCCC(=O)O)cc1.FC(F)(F)F.FC(F)(F)F.NCCCCOP(=O)(O)OCC(COC(=O)CCCCC(F)(F)C(F)(F)C(F)(F)C(F)(F)C(F)(F)C(F)(F)C(F)(F)CF)OC(=O)CCCCC(F)(F)C(F)(F)C(F)(F)C(F)(F)C(F)(F)C(F)(F)C(F)(F)CF. The predicted molar refractivity (Wildman–Crippen MR) is 315 cm³/mol. The predicted octanol–water partition coefficient (Wildman–Crippen LogP) is 16.0. The smallest absolute Gasteiger partial charge is 0.481 e. The van der Waals surface area contributed by atoms with E-state index in [4.69, 9.17) is 22.3 Å². The first-order valence-electron chi connectivity index (χ1n) is 31.0. The van der Waals surface area contributed by atoms with E-state index in [2.05, 4.69) is 43.8 Å². The molecule has 0 radical (unpaired) electrons. The van der Waals surface area contributed by atoms with Gasteiger partial charge in [-0.05, 0) is 82.2 Å². The molecular weight excluding hydrogens is 1740 g/mol. The molecule has 672 valence electrons. The summed E-state index contributed by atoms with van der Waals surface area (Å²) in [4.78, 5) is 86.9. The van der Waals surface area contributed by atoms with Crippen molar-refractivity contribution < 1.29 is 224 Å². The summed E-state index contributed by atoms with van der Waals surface area (Å²) in [5.41, 5.74) is 19.2. The number of esters is 2. The molecule has 3 unspecified atom stereocenters. The van der Waals surface area contributed by atoms with Crippen LogP contribution in [0.2, 0.25) is 0 Å². The number of phosphoric ester groups is 1. The van der Waals surface area contributed by atoms with Crippen molar-refractivity contribution in [1.29, 1.82) is 0 Å². The molecule has 0 aliphatic rings. The summed E-state index contributed by atoms with van der Waals surface area (Å²) < 4.78 is 517. The Bertz CT molecular complexity index is 3680. The van der Waals surface area contributed by atoms with Gasteiger partial charge in [-0.15, -0.1) is 35.1 Å². The standard InChI is InChI=1S/C33H36F30NO8P.C21H24N8O4.2CF4/c34-15-22(40,41)26(48,49)30(56,57)32(60,61)28(52,53)24(44,45)20(36,37)9-3-1-7-18(65)69-13-17(14-71-73(67,68)70-12-6-5-11-64)72-19(66)8-2-4-10-21(38,39)25(46,47)29(54,55)33(62,63)31(58,59)27(50,51)23(42,43)16-35;1-29(10-14-9-24-19-17(25-14)18(22)27-21(23)28-19)15-7-5-12(6-8-15)20(33)26-13(11-30)3-2-4-16(31)32;2*2-1(3,4)5/h17H,1-16,64H2,(H,67,68);5-9,11,13H,2-4,10H2,1H3,(H,26,33)(H,31,32)(H4,22,23,24,27,28);;. The number of hydrogen-bond donors (Lipinski definition) is 6. The first-order valence-corrected chi connectivity index (χ1v) is 32.4. The number of aldehydes is 1. The molecule has 3 atom stereocenters. The highest BCUT2D eigenvalue weighted by Crippen LogP contribution is 2.65. The van der Waals surface area contributed by atoms with E-state index in [9.17, 15) is 200 Å². The highest BCUT2D eigenvalue weighted by atomic mass is 31.2. The molecule has 0 fully saturated rings. The van der Waals surface area contributed by atoms with Crippen molar-refractivity contribution in [2.45, 2.75) is 198 Å². The van der Waals surface area contributed by atoms with E-state index < -0.39 is 224 Å². The zero-order valence-corrected chi connectivity index (χ0v) is 58.4. The Morgan fingerprint density at radius 1 is 0.534 bits per heavy atom. The second kappa shape index (κ2) is 41.1. The number of carbonyl (C=O) groups excluding carboxylic acids is 4. The Labute approximate surface area is 623 Å². The number of nitrogen functional groups attached to an aromatic ring is 2. The summed E-state index contributed by atoms with van der Waals surface area (Å²) in [6.07, 6.45) is -25.3. The molecule has 60 heteroatoms. The topological polar surface area (TPSA) is 325 Å². The summed E-state index contributed by atoms with van der Waals surface area (Å²) in [7, 11) is -3.38. The lowest BCUT2D eigenvalue weighted by Gasteiger charge is -2.42. The molecule has 2 aromatic heterocycles. The summed E-state index contributed by atoms with van der Waals surface area (Å²) in [6.45, 7) is -11.2. The monoisotopic (exact) mass is 1800 g/mol. The Morgan fingerprint density at radius 3 is 1.34 bits per heavy atom. The van der Waals surface area contributed by atoms with Crippen molar-refractivity contribution in [2.75, 3.05) is 63.1 Å². The number of amides is 1. The molecule has 2 heterocycles. The lowest BCUT2D eigenvalue weighted by molar-refractivity contribution is -0.442. The Morgan fingerprint density at radius 2 is 0.940 bits per heavy atom. The number of nitrogens with two attached hydrogens (primary N) is 3. The molecular formula is C56H60F38N9O12P. The van der Waals surface area contributed by atoms with Gasteiger partial charge in [-0.1, -0.05) is 0 Å². The summed E-state index contributed by atoms with van der Waals surface area (Å²) in [5.74, 6) is -114. The molecule has 1 amide bonds. The highest BCUT2D eigenvalue weighted by molar-refractivity contribution is 7.47. The van der Waals surface area contributed by atoms with Gasteiger partial charge >= 0.3 is 122 Å². The molecule has 3 rings (SSSR count). The Balaban J connectivity index is 0.00000249. The van der Waals surface area contributed by atoms with Crippen LogP contribution in [-0.4, -0.2) is 215 Å². The molecule has 0 saturated carbocycles. The number of carboxylic acids is 1. The van der Waals surface area contributed by atoms with E-state index in [1.54, 1.807) is 30.5 Å². The average Bonchev–Trinajstić information content (AvgIpc) is 0.706. The maximum Gasteiger partial charge on any atom is 0.559 e. The third kappa shape index (κ3) is 28.4. The second-order valence-corrected chi connectivity index (χ2v) is 24.8. The zero-order valence-electron chi connectivity index (χ0n) is 57.5. The minimum Gasteiger partial charge on any atom is -0.481 e. The van der Waals surface area contributed by atoms with Crippen LogP contribution >= 0.6 is 7.82 Å². The van der Waals surface area contributed by atoms with Crippen molar-refractivity contribution in [3.8, 4) is 0 Å². The molecule has 3 aromatic rings. The van der Waals surface area contributed by atoms with E-state index in [1.165, 1.54) is 0 Å². The van der Waals surface area contributed by atoms with Crippen LogP contribution in [0.15, 0.2) is 30.5 Å². The van der Waals surface area contributed by atoms with E-state index in [-0.39, 0.29) is 44.0 Å². The number of ether oxygens (including phenoxy) is 2. The fourth-order valence-electron chi connectivity index (χ4n) is 8.24. The van der Waals surface area contributed by atoms with Gasteiger partial charge in [0.25, 0.3) is 5.91 Å². The number of fused-ring (bicyclic) bond motifs is 1. The number of nitrogens with zero attached hydrogens (tertiary/aromatic N) is 5. The number of hydrogen-bond acceptors (Lipinski definition) is 18. The largest absolute Gasteiger partial charge is 0.559 e. The number of rotatable bonds is 45. The number of aliphatic carboxylic acids is 1. The lowest BCUT2D eigenvalue weighted by atomic mass is 9.88. The number of alkyl halides is 38. The molecule has 0 bridgehead atoms. The summed E-state index contributed by atoms with van der Waals surface area (Å²) >= 11 is 0. The van der Waals surface area contributed by atoms with Gasteiger partial charge < -0.3 is 51.7 Å². The fraction of sp³-hybridized carbons (Fsp3) is 0.696. The van der Waals surface area contributed by atoms with Gasteiger partial charge in [0.15, 0.2) is 36.4 Å². The highest BCUT2D eigenvalue weighted by Gasteiger charge is 2.94. The number of carbonyl (C=O) groups is 5. The molecule has 0 aliphatic heterocycles. The first-order chi connectivity index (χ1) is 52.0. The van der Waals surface area contributed by atoms with Gasteiger partial charge in [0.05, 0.1) is 37.7 Å². The van der Waals surface area contributed by atoms with E-state index >= 15 is 0 Å². The molecule has 0 aliphatic carbocycles. The average molecular weight is 1800 g/mol. The molecule has 0 saturated heterocycles. The lowest BCUT2D eigenvalue weighted by Crippen LogP contribution is -2.73. The molecule has 1 aromatic carbocycles. The number of unbranched alkanes of at least 4 members (excludes halogenated alkanes) is 3. The van der Waals surface area contributed by atoms with Gasteiger partial charge in [-0.3, -0.25) is 28.2 Å². The van der Waals surface area contributed by atoms with Crippen molar-refractivity contribution in [2.24, 2.45) is 5.73 Å². The van der Waals surface area contributed by atoms with E-state index in [0.29, 0.717) is 41.7 Å².